The number of aryl methyl sites for hydroxylation is 1. The molecular formula is C24H18N4O3. The van der Waals surface area contributed by atoms with Crippen LogP contribution in [0.2, 0.25) is 0 Å². The number of benzene rings is 3. The summed E-state index contributed by atoms with van der Waals surface area (Å²) < 4.78 is 7.15. The molecule has 5 rings (SSSR count). The average Bonchev–Trinajstić information content (AvgIpc) is 3.19. The van der Waals surface area contributed by atoms with Crippen LogP contribution < -0.4 is 4.74 Å². The molecule has 2 heterocycles. The summed E-state index contributed by atoms with van der Waals surface area (Å²) in [6, 6.07) is 20.2. The maximum Gasteiger partial charge on any atom is 0.271 e. The minimum absolute atomic E-state index is 0.0126. The highest BCUT2D eigenvalue weighted by atomic mass is 16.6. The fraction of sp³-hybridized carbons (Fsp3) is 0.0833. The van der Waals surface area contributed by atoms with Gasteiger partial charge in [-0.1, -0.05) is 29.8 Å². The minimum Gasteiger partial charge on any atom is -0.497 e. The Hall–Kier alpha value is -4.26. The van der Waals surface area contributed by atoms with Gasteiger partial charge < -0.3 is 4.74 Å². The van der Waals surface area contributed by atoms with E-state index in [1.165, 1.54) is 12.1 Å². The largest absolute Gasteiger partial charge is 0.497 e. The van der Waals surface area contributed by atoms with E-state index in [-0.39, 0.29) is 5.69 Å². The summed E-state index contributed by atoms with van der Waals surface area (Å²) >= 11 is 0. The van der Waals surface area contributed by atoms with Crippen LogP contribution >= 0.6 is 0 Å². The molecule has 0 radical (unpaired) electrons. The van der Waals surface area contributed by atoms with Gasteiger partial charge in [0.05, 0.1) is 28.8 Å². The first-order valence-electron chi connectivity index (χ1n) is 9.72. The first-order chi connectivity index (χ1) is 15.0. The Morgan fingerprint density at radius 2 is 1.84 bits per heavy atom. The molecule has 7 nitrogen and oxygen atoms in total. The van der Waals surface area contributed by atoms with Crippen LogP contribution in [0.25, 0.3) is 38.8 Å². The molecular weight excluding hydrogens is 392 g/mol. The SMILES string of the molecule is COc1cccc(-c2nn(-c3cccc([N+](=O)[O-])c3)c3c2cnc2ccc(C)cc23)c1. The number of non-ortho nitro benzene ring substituents is 1. The molecule has 0 saturated carbocycles. The number of hydrogen-bond acceptors (Lipinski definition) is 5. The first-order valence-corrected chi connectivity index (χ1v) is 9.72. The number of nitrogens with zero attached hydrogens (tertiary/aromatic N) is 4. The highest BCUT2D eigenvalue weighted by Crippen LogP contribution is 2.35. The van der Waals surface area contributed by atoms with Crippen molar-refractivity contribution in [2.24, 2.45) is 0 Å². The second-order valence-electron chi connectivity index (χ2n) is 7.31. The second-order valence-corrected chi connectivity index (χ2v) is 7.31. The van der Waals surface area contributed by atoms with Crippen LogP contribution in [0, 0.1) is 17.0 Å². The molecule has 0 aliphatic rings. The molecule has 2 aromatic heterocycles. The molecule has 0 aliphatic heterocycles. The molecule has 0 unspecified atom stereocenters. The van der Waals surface area contributed by atoms with Gasteiger partial charge in [-0.05, 0) is 37.3 Å². The van der Waals surface area contributed by atoms with E-state index in [0.717, 1.165) is 44.4 Å². The lowest BCUT2D eigenvalue weighted by Crippen LogP contribution is -1.99. The van der Waals surface area contributed by atoms with E-state index in [2.05, 4.69) is 11.1 Å². The Bertz CT molecular complexity index is 1470. The van der Waals surface area contributed by atoms with Crippen molar-refractivity contribution in [1.29, 1.82) is 0 Å². The van der Waals surface area contributed by atoms with E-state index >= 15 is 0 Å². The Morgan fingerprint density at radius 1 is 1.00 bits per heavy atom. The molecule has 31 heavy (non-hydrogen) atoms. The molecule has 7 heteroatoms. The van der Waals surface area contributed by atoms with E-state index in [1.807, 2.05) is 55.6 Å². The van der Waals surface area contributed by atoms with Crippen molar-refractivity contribution in [2.45, 2.75) is 6.92 Å². The Morgan fingerprint density at radius 3 is 2.65 bits per heavy atom. The van der Waals surface area contributed by atoms with Crippen molar-refractivity contribution in [3.63, 3.8) is 0 Å². The van der Waals surface area contributed by atoms with Crippen molar-refractivity contribution in [2.75, 3.05) is 7.11 Å². The van der Waals surface area contributed by atoms with Gasteiger partial charge in [0.15, 0.2) is 0 Å². The summed E-state index contributed by atoms with van der Waals surface area (Å²) in [4.78, 5) is 15.6. The molecule has 0 saturated heterocycles. The normalized spacial score (nSPS) is 11.2. The smallest absolute Gasteiger partial charge is 0.271 e. The van der Waals surface area contributed by atoms with E-state index in [1.54, 1.807) is 17.9 Å². The van der Waals surface area contributed by atoms with Crippen LogP contribution in [0.4, 0.5) is 5.69 Å². The number of rotatable bonds is 4. The Kier molecular flexibility index (Phi) is 4.36. The number of fused-ring (bicyclic) bond motifs is 3. The summed E-state index contributed by atoms with van der Waals surface area (Å²) in [5, 5.41) is 18.0. The molecule has 3 aromatic carbocycles. The second kappa shape index (κ2) is 7.21. The predicted molar refractivity (Wildman–Crippen MR) is 120 cm³/mol. The van der Waals surface area contributed by atoms with Crippen molar-refractivity contribution in [3.8, 4) is 22.7 Å². The third kappa shape index (κ3) is 3.16. The Labute approximate surface area is 177 Å². The van der Waals surface area contributed by atoms with Crippen LogP contribution in [0.1, 0.15) is 5.56 Å². The first kappa shape index (κ1) is 18.7. The highest BCUT2D eigenvalue weighted by Gasteiger charge is 2.19. The molecule has 0 fully saturated rings. The standard InChI is InChI=1S/C24H18N4O3/c1-15-9-10-22-20(11-15)24-21(14-25-22)23(16-5-3-8-19(12-16)31-2)26-27(24)17-6-4-7-18(13-17)28(29)30/h3-14H,1-2H3. The maximum atomic E-state index is 11.4. The fourth-order valence-electron chi connectivity index (χ4n) is 3.81. The highest BCUT2D eigenvalue weighted by molar-refractivity contribution is 6.09. The number of pyridine rings is 1. The van der Waals surface area contributed by atoms with Crippen LogP contribution in [-0.4, -0.2) is 26.8 Å². The summed E-state index contributed by atoms with van der Waals surface area (Å²) in [7, 11) is 1.62. The van der Waals surface area contributed by atoms with Gasteiger partial charge in [0.25, 0.3) is 5.69 Å². The summed E-state index contributed by atoms with van der Waals surface area (Å²) in [6.07, 6.45) is 1.81. The van der Waals surface area contributed by atoms with Crippen LogP contribution in [0.15, 0.2) is 72.9 Å². The molecule has 152 valence electrons. The summed E-state index contributed by atoms with van der Waals surface area (Å²) in [6.45, 7) is 2.02. The van der Waals surface area contributed by atoms with Crippen molar-refractivity contribution >= 4 is 27.5 Å². The van der Waals surface area contributed by atoms with Gasteiger partial charge in [-0.2, -0.15) is 5.10 Å². The van der Waals surface area contributed by atoms with Gasteiger partial charge in [0, 0.05) is 34.7 Å². The summed E-state index contributed by atoms with van der Waals surface area (Å²) in [5.74, 6) is 0.722. The number of ether oxygens (including phenoxy) is 1. The number of nitro groups is 1. The topological polar surface area (TPSA) is 83.1 Å². The molecule has 0 bridgehead atoms. The summed E-state index contributed by atoms with van der Waals surface area (Å²) in [5.41, 5.74) is 5.02. The van der Waals surface area contributed by atoms with Crippen molar-refractivity contribution < 1.29 is 9.66 Å². The third-order valence-electron chi connectivity index (χ3n) is 5.29. The van der Waals surface area contributed by atoms with Gasteiger partial charge in [0.1, 0.15) is 11.4 Å². The molecule has 5 aromatic rings. The minimum atomic E-state index is -0.401. The number of methoxy groups -OCH3 is 1. The van der Waals surface area contributed by atoms with Gasteiger partial charge in [0.2, 0.25) is 0 Å². The molecule has 0 atom stereocenters. The monoisotopic (exact) mass is 410 g/mol. The van der Waals surface area contributed by atoms with E-state index in [4.69, 9.17) is 9.84 Å². The zero-order valence-electron chi connectivity index (χ0n) is 16.9. The van der Waals surface area contributed by atoms with Crippen LogP contribution in [-0.2, 0) is 0 Å². The lowest BCUT2D eigenvalue weighted by molar-refractivity contribution is -0.384. The van der Waals surface area contributed by atoms with Crippen molar-refractivity contribution in [3.05, 3.63) is 88.6 Å². The quantitative estimate of drug-likeness (QED) is 0.290. The Balaban J connectivity index is 1.88. The third-order valence-corrected chi connectivity index (χ3v) is 5.29. The van der Waals surface area contributed by atoms with Crippen LogP contribution in [0.3, 0.4) is 0 Å². The predicted octanol–water partition coefficient (Wildman–Crippen LogP) is 5.47. The van der Waals surface area contributed by atoms with E-state index in [9.17, 15) is 10.1 Å². The van der Waals surface area contributed by atoms with Crippen LogP contribution in [0.5, 0.6) is 5.75 Å². The molecule has 0 N–H and O–H groups in total. The van der Waals surface area contributed by atoms with E-state index in [0.29, 0.717) is 5.69 Å². The molecule has 0 amide bonds. The zero-order chi connectivity index (χ0) is 21.5. The maximum absolute atomic E-state index is 11.4. The van der Waals surface area contributed by atoms with Gasteiger partial charge >= 0.3 is 0 Å². The zero-order valence-corrected chi connectivity index (χ0v) is 16.9. The fourth-order valence-corrected chi connectivity index (χ4v) is 3.81. The van der Waals surface area contributed by atoms with Crippen molar-refractivity contribution in [1.82, 2.24) is 14.8 Å². The van der Waals surface area contributed by atoms with Gasteiger partial charge in [-0.25, -0.2) is 4.68 Å². The average molecular weight is 410 g/mol. The molecule has 0 aliphatic carbocycles. The van der Waals surface area contributed by atoms with E-state index < -0.39 is 4.92 Å². The number of hydrogen-bond donors (Lipinski definition) is 0. The molecule has 0 spiro atoms. The number of nitro benzene ring substituents is 1. The lowest BCUT2D eigenvalue weighted by Gasteiger charge is -2.06. The number of aromatic nitrogens is 3. The van der Waals surface area contributed by atoms with Gasteiger partial charge in [-0.3, -0.25) is 15.1 Å². The van der Waals surface area contributed by atoms with Gasteiger partial charge in [-0.15, -0.1) is 0 Å². The lowest BCUT2D eigenvalue weighted by atomic mass is 10.1.